The Hall–Kier alpha value is -2.28. The second-order valence-electron chi connectivity index (χ2n) is 3.89. The Labute approximate surface area is 118 Å². The Balaban J connectivity index is 2.00. The predicted octanol–water partition coefficient (Wildman–Crippen LogP) is 1.57. The monoisotopic (exact) mass is 293 g/mol. The van der Waals surface area contributed by atoms with Gasteiger partial charge in [0.25, 0.3) is 11.8 Å². The van der Waals surface area contributed by atoms with Crippen molar-refractivity contribution in [3.8, 4) is 0 Å². The fourth-order valence-corrected chi connectivity index (χ4v) is 2.24. The van der Waals surface area contributed by atoms with Crippen molar-refractivity contribution in [1.29, 1.82) is 0 Å². The molecule has 2 N–H and O–H groups in total. The van der Waals surface area contributed by atoms with Gasteiger partial charge in [-0.15, -0.1) is 11.3 Å². The lowest BCUT2D eigenvalue weighted by atomic mass is 10.2. The van der Waals surface area contributed by atoms with Crippen LogP contribution in [0.2, 0.25) is 0 Å². The van der Waals surface area contributed by atoms with Crippen molar-refractivity contribution in [2.45, 2.75) is 6.54 Å². The first-order chi connectivity index (χ1) is 9.61. The zero-order valence-electron chi connectivity index (χ0n) is 10.6. The van der Waals surface area contributed by atoms with Crippen LogP contribution in [-0.2, 0) is 6.54 Å². The molecule has 7 heteroatoms. The first kappa shape index (κ1) is 14.1. The van der Waals surface area contributed by atoms with Gasteiger partial charge in [0.15, 0.2) is 5.01 Å². The van der Waals surface area contributed by atoms with Crippen LogP contribution in [0.3, 0.4) is 0 Å². The topological polar surface area (TPSA) is 71.1 Å². The summed E-state index contributed by atoms with van der Waals surface area (Å²) < 4.78 is 13.4. The largest absolute Gasteiger partial charge is 0.353 e. The normalized spacial score (nSPS) is 10.1. The number of nitrogens with zero attached hydrogens (tertiary/aromatic N) is 1. The molecule has 0 fully saturated rings. The zero-order chi connectivity index (χ0) is 14.5. The number of carbonyl (C=O) groups excluding carboxylic acids is 2. The highest BCUT2D eigenvalue weighted by Gasteiger charge is 2.14. The van der Waals surface area contributed by atoms with Crippen molar-refractivity contribution in [3.63, 3.8) is 0 Å². The molecule has 1 aromatic heterocycles. The lowest BCUT2D eigenvalue weighted by Crippen LogP contribution is -2.24. The number of hydrogen-bond donors (Lipinski definition) is 2. The van der Waals surface area contributed by atoms with Gasteiger partial charge in [-0.05, 0) is 6.07 Å². The molecule has 0 bridgehead atoms. The maximum Gasteiger partial charge on any atom is 0.280 e. The summed E-state index contributed by atoms with van der Waals surface area (Å²) in [6.07, 6.45) is 0. The first-order valence-electron chi connectivity index (χ1n) is 5.81. The summed E-state index contributed by atoms with van der Waals surface area (Å²) in [5, 5.41) is 6.69. The molecule has 0 unspecified atom stereocenters. The third-order valence-corrected chi connectivity index (χ3v) is 3.40. The molecule has 2 amide bonds. The number of hydrogen-bond acceptors (Lipinski definition) is 4. The minimum Gasteiger partial charge on any atom is -0.353 e. The van der Waals surface area contributed by atoms with Crippen molar-refractivity contribution >= 4 is 23.2 Å². The Kier molecular flexibility index (Phi) is 4.41. The van der Waals surface area contributed by atoms with Gasteiger partial charge in [0, 0.05) is 24.5 Å². The van der Waals surface area contributed by atoms with Gasteiger partial charge in [0.2, 0.25) is 0 Å². The fourth-order valence-electron chi connectivity index (χ4n) is 1.50. The lowest BCUT2D eigenvalue weighted by Gasteiger charge is -2.04. The van der Waals surface area contributed by atoms with Gasteiger partial charge in [-0.25, -0.2) is 9.37 Å². The molecule has 2 aromatic rings. The molecule has 0 saturated carbocycles. The van der Waals surface area contributed by atoms with E-state index in [0.717, 1.165) is 11.3 Å². The molecule has 0 saturated heterocycles. The number of amides is 2. The summed E-state index contributed by atoms with van der Waals surface area (Å²) >= 11 is 1.08. The molecule has 104 valence electrons. The maximum absolute atomic E-state index is 13.4. The average Bonchev–Trinajstić information content (AvgIpc) is 2.95. The predicted molar refractivity (Wildman–Crippen MR) is 73.1 cm³/mol. The molecular formula is C13H12FN3O2S. The molecule has 5 nitrogen and oxygen atoms in total. The fraction of sp³-hybridized carbons (Fsp3) is 0.154. The summed E-state index contributed by atoms with van der Waals surface area (Å²) in [6, 6.07) is 6.19. The summed E-state index contributed by atoms with van der Waals surface area (Å²) in [5.74, 6) is -1.17. The van der Waals surface area contributed by atoms with Gasteiger partial charge in [-0.1, -0.05) is 18.2 Å². The van der Waals surface area contributed by atoms with Gasteiger partial charge < -0.3 is 10.6 Å². The quantitative estimate of drug-likeness (QED) is 0.899. The van der Waals surface area contributed by atoms with Gasteiger partial charge in [-0.3, -0.25) is 9.59 Å². The molecule has 0 aliphatic heterocycles. The molecule has 0 aliphatic rings. The smallest absolute Gasteiger partial charge is 0.280 e. The van der Waals surface area contributed by atoms with Crippen LogP contribution in [0.25, 0.3) is 0 Å². The van der Waals surface area contributed by atoms with Gasteiger partial charge in [0.05, 0.1) is 0 Å². The highest BCUT2D eigenvalue weighted by Crippen LogP contribution is 2.10. The van der Waals surface area contributed by atoms with Crippen molar-refractivity contribution in [3.05, 3.63) is 51.7 Å². The van der Waals surface area contributed by atoms with Crippen molar-refractivity contribution < 1.29 is 14.0 Å². The third kappa shape index (κ3) is 3.18. The second kappa shape index (κ2) is 6.25. The van der Waals surface area contributed by atoms with E-state index in [1.807, 2.05) is 0 Å². The van der Waals surface area contributed by atoms with Gasteiger partial charge >= 0.3 is 0 Å². The van der Waals surface area contributed by atoms with Crippen LogP contribution < -0.4 is 10.6 Å². The summed E-state index contributed by atoms with van der Waals surface area (Å²) in [5.41, 5.74) is 0.535. The second-order valence-corrected chi connectivity index (χ2v) is 4.75. The number of aromatic nitrogens is 1. The molecule has 20 heavy (non-hydrogen) atoms. The van der Waals surface area contributed by atoms with Crippen molar-refractivity contribution in [2.75, 3.05) is 7.05 Å². The molecule has 0 aliphatic carbocycles. The molecule has 0 atom stereocenters. The Morgan fingerprint density at radius 2 is 2.05 bits per heavy atom. The van der Waals surface area contributed by atoms with E-state index in [-0.39, 0.29) is 29.0 Å². The highest BCUT2D eigenvalue weighted by atomic mass is 32.1. The zero-order valence-corrected chi connectivity index (χ0v) is 11.5. The van der Waals surface area contributed by atoms with Gasteiger partial charge in [0.1, 0.15) is 11.5 Å². The van der Waals surface area contributed by atoms with Crippen LogP contribution in [0.5, 0.6) is 0 Å². The maximum atomic E-state index is 13.4. The van der Waals surface area contributed by atoms with E-state index in [0.29, 0.717) is 5.56 Å². The number of carbonyl (C=O) groups is 2. The van der Waals surface area contributed by atoms with Crippen LogP contribution in [0, 0.1) is 5.82 Å². The Morgan fingerprint density at radius 1 is 1.30 bits per heavy atom. The van der Waals surface area contributed by atoms with Crippen LogP contribution in [0.15, 0.2) is 29.6 Å². The third-order valence-electron chi connectivity index (χ3n) is 2.56. The number of halogens is 1. The van der Waals surface area contributed by atoms with E-state index in [4.69, 9.17) is 0 Å². The minimum atomic E-state index is -0.445. The average molecular weight is 293 g/mol. The highest BCUT2D eigenvalue weighted by molar-refractivity contribution is 7.11. The van der Waals surface area contributed by atoms with E-state index in [9.17, 15) is 14.0 Å². The van der Waals surface area contributed by atoms with E-state index in [1.54, 1.807) is 18.2 Å². The number of benzene rings is 1. The van der Waals surface area contributed by atoms with Crippen LogP contribution in [-0.4, -0.2) is 23.8 Å². The number of rotatable bonds is 4. The summed E-state index contributed by atoms with van der Waals surface area (Å²) in [6.45, 7) is 0.0678. The minimum absolute atomic E-state index is 0.0678. The Bertz CT molecular complexity index is 642. The molecule has 2 rings (SSSR count). The molecular weight excluding hydrogens is 281 g/mol. The lowest BCUT2D eigenvalue weighted by molar-refractivity contribution is 0.0946. The standard InChI is InChI=1S/C13H12FN3O2S/c1-15-12(19)13-17-10(7-20-13)11(18)16-6-8-4-2-3-5-9(8)14/h2-5,7H,6H2,1H3,(H,15,19)(H,16,18). The van der Waals surface area contributed by atoms with Crippen molar-refractivity contribution in [1.82, 2.24) is 15.6 Å². The van der Waals surface area contributed by atoms with E-state index >= 15 is 0 Å². The van der Waals surface area contributed by atoms with Crippen LogP contribution >= 0.6 is 11.3 Å². The first-order valence-corrected chi connectivity index (χ1v) is 6.69. The van der Waals surface area contributed by atoms with Gasteiger partial charge in [-0.2, -0.15) is 0 Å². The SMILES string of the molecule is CNC(=O)c1nc(C(=O)NCc2ccccc2F)cs1. The Morgan fingerprint density at radius 3 is 2.75 bits per heavy atom. The molecule has 0 radical (unpaired) electrons. The number of thiazole rings is 1. The molecule has 0 spiro atoms. The molecule has 1 aromatic carbocycles. The van der Waals surface area contributed by atoms with Crippen molar-refractivity contribution in [2.24, 2.45) is 0 Å². The molecule has 1 heterocycles. The summed E-state index contributed by atoms with van der Waals surface area (Å²) in [4.78, 5) is 27.1. The van der Waals surface area contributed by atoms with E-state index in [1.165, 1.54) is 18.5 Å². The van der Waals surface area contributed by atoms with Crippen LogP contribution in [0.1, 0.15) is 25.9 Å². The van der Waals surface area contributed by atoms with E-state index < -0.39 is 5.91 Å². The summed E-state index contributed by atoms with van der Waals surface area (Å²) in [7, 11) is 1.49. The number of nitrogens with one attached hydrogen (secondary N) is 2. The van der Waals surface area contributed by atoms with Crippen LogP contribution in [0.4, 0.5) is 4.39 Å². The van der Waals surface area contributed by atoms with E-state index in [2.05, 4.69) is 15.6 Å².